The summed E-state index contributed by atoms with van der Waals surface area (Å²) in [4.78, 5) is 30.4. The summed E-state index contributed by atoms with van der Waals surface area (Å²) < 4.78 is 5.63. The quantitative estimate of drug-likeness (QED) is 0.272. The lowest BCUT2D eigenvalue weighted by Gasteiger charge is -2.29. The third kappa shape index (κ3) is 5.68. The molecule has 0 bridgehead atoms. The van der Waals surface area contributed by atoms with Crippen LogP contribution in [0.5, 0.6) is 5.75 Å². The van der Waals surface area contributed by atoms with E-state index >= 15 is 0 Å². The van der Waals surface area contributed by atoms with Gasteiger partial charge in [0.05, 0.1) is 17.8 Å². The minimum absolute atomic E-state index is 0.0133. The Balaban J connectivity index is 0.996. The van der Waals surface area contributed by atoms with E-state index in [1.807, 2.05) is 45.3 Å². The molecule has 6 rings (SSSR count). The lowest BCUT2D eigenvalue weighted by Crippen LogP contribution is -2.37. The second-order valence-corrected chi connectivity index (χ2v) is 12.3. The number of amides is 1. The van der Waals surface area contributed by atoms with Gasteiger partial charge in [0.2, 0.25) is 0 Å². The number of nitrogens with one attached hydrogen (secondary N) is 1. The molecule has 1 aliphatic heterocycles. The average Bonchev–Trinajstić information content (AvgIpc) is 3.59. The van der Waals surface area contributed by atoms with Gasteiger partial charge in [-0.15, -0.1) is 11.3 Å². The number of hydrogen-bond acceptors (Lipinski definition) is 7. The van der Waals surface area contributed by atoms with Gasteiger partial charge in [-0.05, 0) is 80.8 Å². The lowest BCUT2D eigenvalue weighted by molar-refractivity contribution is 0.0924. The number of aromatic nitrogens is 3. The van der Waals surface area contributed by atoms with Crippen molar-refractivity contribution in [1.29, 1.82) is 0 Å². The van der Waals surface area contributed by atoms with E-state index in [1.165, 1.54) is 23.3 Å². The second-order valence-electron chi connectivity index (χ2n) is 11.3. The van der Waals surface area contributed by atoms with Crippen LogP contribution in [0.15, 0.2) is 42.5 Å². The van der Waals surface area contributed by atoms with Crippen LogP contribution in [0.1, 0.15) is 65.3 Å². The monoisotopic (exact) mass is 555 g/mol. The van der Waals surface area contributed by atoms with Crippen molar-refractivity contribution in [3.63, 3.8) is 0 Å². The summed E-state index contributed by atoms with van der Waals surface area (Å²) in [6, 6.07) is 14.7. The molecule has 1 saturated carbocycles. The Labute approximate surface area is 240 Å². The molecule has 0 saturated heterocycles. The first-order valence-corrected chi connectivity index (χ1v) is 15.2. The fourth-order valence-corrected chi connectivity index (χ4v) is 6.97. The molecule has 7 nitrogen and oxygen atoms in total. The van der Waals surface area contributed by atoms with Gasteiger partial charge in [0.15, 0.2) is 0 Å². The zero-order chi connectivity index (χ0) is 27.6. The van der Waals surface area contributed by atoms with Gasteiger partial charge in [-0.25, -0.2) is 15.0 Å². The molecule has 4 aromatic rings. The Morgan fingerprint density at radius 2 is 1.90 bits per heavy atom. The highest BCUT2D eigenvalue weighted by atomic mass is 32.1. The molecule has 2 aromatic heterocycles. The number of carbonyl (C=O) groups is 1. The molecular weight excluding hydrogens is 518 g/mol. The summed E-state index contributed by atoms with van der Waals surface area (Å²) >= 11 is 1.49. The van der Waals surface area contributed by atoms with Gasteiger partial charge in [0, 0.05) is 43.9 Å². The molecule has 2 aliphatic rings. The van der Waals surface area contributed by atoms with E-state index in [9.17, 15) is 4.79 Å². The molecule has 1 fully saturated rings. The summed E-state index contributed by atoms with van der Waals surface area (Å²) in [5, 5.41) is 5.30. The largest absolute Gasteiger partial charge is 0.493 e. The van der Waals surface area contributed by atoms with Crippen LogP contribution in [0.25, 0.3) is 21.5 Å². The molecule has 0 unspecified atom stereocenters. The molecule has 208 valence electrons. The van der Waals surface area contributed by atoms with Crippen molar-refractivity contribution in [3.8, 4) is 16.3 Å². The van der Waals surface area contributed by atoms with Crippen molar-refractivity contribution >= 4 is 34.0 Å². The van der Waals surface area contributed by atoms with E-state index in [-0.39, 0.29) is 11.9 Å². The first-order chi connectivity index (χ1) is 19.4. The Bertz CT molecular complexity index is 1520. The average molecular weight is 556 g/mol. The fourth-order valence-electron chi connectivity index (χ4n) is 6.00. The zero-order valence-corrected chi connectivity index (χ0v) is 24.4. The number of hydrogen-bond donors (Lipinski definition) is 1. The van der Waals surface area contributed by atoms with Gasteiger partial charge in [-0.3, -0.25) is 4.79 Å². The van der Waals surface area contributed by atoms with Crippen LogP contribution >= 0.6 is 11.3 Å². The molecule has 0 spiro atoms. The van der Waals surface area contributed by atoms with Crippen molar-refractivity contribution < 1.29 is 9.53 Å². The first-order valence-electron chi connectivity index (χ1n) is 14.4. The number of rotatable bonds is 8. The zero-order valence-electron chi connectivity index (χ0n) is 23.6. The van der Waals surface area contributed by atoms with Crippen LogP contribution in [0.4, 0.5) is 5.82 Å². The number of para-hydroxylation sites is 1. The predicted molar refractivity (Wildman–Crippen MR) is 162 cm³/mol. The maximum absolute atomic E-state index is 13.2. The molecule has 1 amide bonds. The second kappa shape index (κ2) is 11.5. The van der Waals surface area contributed by atoms with Crippen LogP contribution in [-0.4, -0.2) is 47.6 Å². The smallest absolute Gasteiger partial charge is 0.263 e. The molecule has 40 heavy (non-hydrogen) atoms. The standard InChI is InChI=1S/C32H37N5O2S/c1-20-29(40-32(33-20)23-13-16-27-22(19-23)17-18-39-27)31(38)34-24-14-11-21(12-15-24)7-6-10-28-35-26-9-5-4-8-25(26)30(36-28)37(2)3/h4-5,8-9,13,16,19,21,24H,6-7,10-12,14-15,17-18H2,1-3H3,(H,34,38). The van der Waals surface area contributed by atoms with Crippen molar-refractivity contribution in [2.45, 2.75) is 64.3 Å². The van der Waals surface area contributed by atoms with Gasteiger partial charge in [-0.1, -0.05) is 18.6 Å². The minimum atomic E-state index is 0.0133. The van der Waals surface area contributed by atoms with Crippen LogP contribution in [-0.2, 0) is 12.8 Å². The maximum atomic E-state index is 13.2. The van der Waals surface area contributed by atoms with Crippen LogP contribution < -0.4 is 15.0 Å². The van der Waals surface area contributed by atoms with E-state index in [0.29, 0.717) is 5.92 Å². The van der Waals surface area contributed by atoms with Gasteiger partial charge >= 0.3 is 0 Å². The number of aryl methyl sites for hydroxylation is 2. The number of anilines is 1. The first kappa shape index (κ1) is 26.7. The van der Waals surface area contributed by atoms with E-state index < -0.39 is 0 Å². The van der Waals surface area contributed by atoms with Gasteiger partial charge in [0.25, 0.3) is 5.91 Å². The van der Waals surface area contributed by atoms with Crippen molar-refractivity contribution in [2.24, 2.45) is 5.92 Å². The number of nitrogens with zero attached hydrogens (tertiary/aromatic N) is 4. The third-order valence-electron chi connectivity index (χ3n) is 8.19. The van der Waals surface area contributed by atoms with Crippen LogP contribution in [0, 0.1) is 12.8 Å². The lowest BCUT2D eigenvalue weighted by atomic mass is 9.83. The summed E-state index contributed by atoms with van der Waals surface area (Å²) in [7, 11) is 4.07. The number of benzene rings is 2. The number of carbonyl (C=O) groups excluding carboxylic acids is 1. The highest BCUT2D eigenvalue weighted by Gasteiger charge is 2.25. The molecule has 0 atom stereocenters. The van der Waals surface area contributed by atoms with E-state index in [1.54, 1.807) is 0 Å². The number of thiazole rings is 1. The molecule has 8 heteroatoms. The normalized spacial score (nSPS) is 18.4. The van der Waals surface area contributed by atoms with Gasteiger partial charge in [0.1, 0.15) is 27.3 Å². The van der Waals surface area contributed by atoms with Crippen molar-refractivity contribution in [1.82, 2.24) is 20.3 Å². The van der Waals surface area contributed by atoms with Gasteiger partial charge in [-0.2, -0.15) is 0 Å². The Morgan fingerprint density at radius 1 is 1.07 bits per heavy atom. The van der Waals surface area contributed by atoms with Crippen LogP contribution in [0.3, 0.4) is 0 Å². The predicted octanol–water partition coefficient (Wildman–Crippen LogP) is 6.37. The summed E-state index contributed by atoms with van der Waals surface area (Å²) in [5.74, 6) is 3.59. The van der Waals surface area contributed by atoms with Gasteiger partial charge < -0.3 is 15.0 Å². The topological polar surface area (TPSA) is 80.2 Å². The molecular formula is C32H37N5O2S. The van der Waals surface area contributed by atoms with E-state index in [2.05, 4.69) is 28.4 Å². The van der Waals surface area contributed by atoms with E-state index in [0.717, 1.165) is 101 Å². The molecule has 1 N–H and O–H groups in total. The van der Waals surface area contributed by atoms with E-state index in [4.69, 9.17) is 19.7 Å². The minimum Gasteiger partial charge on any atom is -0.493 e. The number of ether oxygens (including phenoxy) is 1. The highest BCUT2D eigenvalue weighted by molar-refractivity contribution is 7.17. The highest BCUT2D eigenvalue weighted by Crippen LogP contribution is 2.34. The fraction of sp³-hybridized carbons (Fsp3) is 0.438. The molecule has 1 aliphatic carbocycles. The van der Waals surface area contributed by atoms with Crippen LogP contribution in [0.2, 0.25) is 0 Å². The number of fused-ring (bicyclic) bond motifs is 2. The molecule has 3 heterocycles. The Hall–Kier alpha value is -3.52. The Morgan fingerprint density at radius 3 is 2.73 bits per heavy atom. The summed E-state index contributed by atoms with van der Waals surface area (Å²) in [6.07, 6.45) is 8.45. The molecule has 2 aromatic carbocycles. The third-order valence-corrected chi connectivity index (χ3v) is 9.39. The summed E-state index contributed by atoms with van der Waals surface area (Å²) in [6.45, 7) is 2.67. The summed E-state index contributed by atoms with van der Waals surface area (Å²) in [5.41, 5.74) is 4.09. The Kier molecular flexibility index (Phi) is 7.69. The van der Waals surface area contributed by atoms with Crippen molar-refractivity contribution in [3.05, 3.63) is 64.4 Å². The molecule has 0 radical (unpaired) electrons. The SMILES string of the molecule is Cc1nc(-c2ccc3c(c2)CCO3)sc1C(=O)NC1CCC(CCCc2nc(N(C)C)c3ccccc3n2)CC1. The maximum Gasteiger partial charge on any atom is 0.263 e. The van der Waals surface area contributed by atoms with Crippen molar-refractivity contribution in [2.75, 3.05) is 25.6 Å².